The van der Waals surface area contributed by atoms with Gasteiger partial charge in [-0.1, -0.05) is 0 Å². The zero-order chi connectivity index (χ0) is 10.3. The highest BCUT2D eigenvalue weighted by Crippen LogP contribution is 2.05. The lowest BCUT2D eigenvalue weighted by Gasteiger charge is -2.30. The topological polar surface area (TPSA) is 67.8 Å². The second-order valence-electron chi connectivity index (χ2n) is 2.99. The highest BCUT2D eigenvalue weighted by molar-refractivity contribution is 5.73. The fourth-order valence-corrected chi connectivity index (χ4v) is 1.17. The van der Waals surface area contributed by atoms with Gasteiger partial charge in [0.15, 0.2) is 0 Å². The van der Waals surface area contributed by atoms with E-state index < -0.39 is 5.54 Å². The first-order valence-corrected chi connectivity index (χ1v) is 3.97. The second kappa shape index (κ2) is 5.90. The first-order chi connectivity index (χ1) is 6.10. The van der Waals surface area contributed by atoms with Crippen molar-refractivity contribution in [1.82, 2.24) is 5.32 Å². The molecule has 13 heavy (non-hydrogen) atoms. The number of aliphatic hydroxyl groups excluding tert-OH is 1. The molecule has 5 heteroatoms. The largest absolute Gasteiger partial charge is 0.394 e. The Morgan fingerprint density at radius 1 is 1.38 bits per heavy atom. The Labute approximate surface area is 78.0 Å². The summed E-state index contributed by atoms with van der Waals surface area (Å²) in [5.74, 6) is -0.219. The van der Waals surface area contributed by atoms with Gasteiger partial charge in [-0.05, 0) is 0 Å². The fourth-order valence-electron chi connectivity index (χ4n) is 1.17. The average molecular weight is 191 g/mol. The number of nitrogens with one attached hydrogen (secondary N) is 1. The minimum Gasteiger partial charge on any atom is -0.394 e. The van der Waals surface area contributed by atoms with Crippen LogP contribution in [0.4, 0.5) is 0 Å². The lowest BCUT2D eigenvalue weighted by Crippen LogP contribution is -2.57. The Morgan fingerprint density at radius 2 is 1.85 bits per heavy atom. The molecule has 0 unspecified atom stereocenters. The van der Waals surface area contributed by atoms with Gasteiger partial charge in [-0.15, -0.1) is 0 Å². The molecule has 1 amide bonds. The molecule has 0 heterocycles. The SMILES string of the molecule is COCC(CO)(COC)NC(C)=O. The lowest BCUT2D eigenvalue weighted by molar-refractivity contribution is -0.123. The van der Waals surface area contributed by atoms with E-state index in [1.54, 1.807) is 0 Å². The summed E-state index contributed by atoms with van der Waals surface area (Å²) in [6.07, 6.45) is 0. The van der Waals surface area contributed by atoms with Crippen molar-refractivity contribution in [3.63, 3.8) is 0 Å². The summed E-state index contributed by atoms with van der Waals surface area (Å²) in [4.78, 5) is 10.8. The van der Waals surface area contributed by atoms with Gasteiger partial charge in [-0.2, -0.15) is 0 Å². The molecule has 5 nitrogen and oxygen atoms in total. The fraction of sp³-hybridized carbons (Fsp3) is 0.875. The third-order valence-corrected chi connectivity index (χ3v) is 1.59. The minimum absolute atomic E-state index is 0.214. The van der Waals surface area contributed by atoms with Crippen LogP contribution in [0.5, 0.6) is 0 Å². The normalized spacial score (nSPS) is 11.4. The quantitative estimate of drug-likeness (QED) is 0.573. The van der Waals surface area contributed by atoms with Crippen molar-refractivity contribution in [2.45, 2.75) is 12.5 Å². The average Bonchev–Trinajstić information content (AvgIpc) is 2.04. The molecule has 0 aliphatic heterocycles. The first-order valence-electron chi connectivity index (χ1n) is 3.97. The van der Waals surface area contributed by atoms with Crippen LogP contribution in [0, 0.1) is 0 Å². The first kappa shape index (κ1) is 12.3. The molecule has 0 aliphatic rings. The number of hydrogen-bond donors (Lipinski definition) is 2. The van der Waals surface area contributed by atoms with Crippen LogP contribution >= 0.6 is 0 Å². The van der Waals surface area contributed by atoms with Gasteiger partial charge in [0.05, 0.1) is 19.8 Å². The molecule has 2 N–H and O–H groups in total. The van der Waals surface area contributed by atoms with Crippen LogP contribution in [0.25, 0.3) is 0 Å². The lowest BCUT2D eigenvalue weighted by atomic mass is 10.0. The standard InChI is InChI=1S/C8H17NO4/c1-7(11)9-8(4-10,5-12-2)6-13-3/h10H,4-6H2,1-3H3,(H,9,11). The van der Waals surface area contributed by atoms with Crippen LogP contribution in [0.2, 0.25) is 0 Å². The summed E-state index contributed by atoms with van der Waals surface area (Å²) in [5.41, 5.74) is -0.824. The van der Waals surface area contributed by atoms with Crippen molar-refractivity contribution < 1.29 is 19.4 Å². The summed E-state index contributed by atoms with van der Waals surface area (Å²) in [6, 6.07) is 0. The predicted molar refractivity (Wildman–Crippen MR) is 47.4 cm³/mol. The highest BCUT2D eigenvalue weighted by atomic mass is 16.5. The van der Waals surface area contributed by atoms with Gasteiger partial charge in [0, 0.05) is 21.1 Å². The van der Waals surface area contributed by atoms with Gasteiger partial charge in [0.1, 0.15) is 5.54 Å². The zero-order valence-corrected chi connectivity index (χ0v) is 8.29. The predicted octanol–water partition coefficient (Wildman–Crippen LogP) is -0.854. The molecule has 0 aromatic carbocycles. The summed E-state index contributed by atoms with van der Waals surface area (Å²) in [6.45, 7) is 1.61. The smallest absolute Gasteiger partial charge is 0.217 e. The second-order valence-corrected chi connectivity index (χ2v) is 2.99. The monoisotopic (exact) mass is 191 g/mol. The Bertz CT molecular complexity index is 154. The van der Waals surface area contributed by atoms with E-state index in [0.29, 0.717) is 0 Å². The molecule has 0 fully saturated rings. The number of methoxy groups -OCH3 is 2. The third kappa shape index (κ3) is 4.21. The van der Waals surface area contributed by atoms with E-state index in [-0.39, 0.29) is 25.7 Å². The van der Waals surface area contributed by atoms with Crippen molar-refractivity contribution in [3.05, 3.63) is 0 Å². The number of aliphatic hydroxyl groups is 1. The van der Waals surface area contributed by atoms with Crippen LogP contribution in [0.15, 0.2) is 0 Å². The van der Waals surface area contributed by atoms with Gasteiger partial charge < -0.3 is 19.9 Å². The molecule has 0 rings (SSSR count). The minimum atomic E-state index is -0.824. The number of rotatable bonds is 6. The van der Waals surface area contributed by atoms with E-state index in [9.17, 15) is 4.79 Å². The number of amides is 1. The van der Waals surface area contributed by atoms with E-state index >= 15 is 0 Å². The zero-order valence-electron chi connectivity index (χ0n) is 8.29. The number of carbonyl (C=O) groups is 1. The highest BCUT2D eigenvalue weighted by Gasteiger charge is 2.30. The van der Waals surface area contributed by atoms with Crippen molar-refractivity contribution >= 4 is 5.91 Å². The molecule has 0 spiro atoms. The number of ether oxygens (including phenoxy) is 2. The Kier molecular flexibility index (Phi) is 5.61. The summed E-state index contributed by atoms with van der Waals surface area (Å²) in [7, 11) is 3.00. The molecule has 0 bridgehead atoms. The van der Waals surface area contributed by atoms with Gasteiger partial charge in [-0.3, -0.25) is 4.79 Å². The maximum absolute atomic E-state index is 10.8. The van der Waals surface area contributed by atoms with Crippen LogP contribution < -0.4 is 5.32 Å². The molecule has 78 valence electrons. The molecular weight excluding hydrogens is 174 g/mol. The van der Waals surface area contributed by atoms with E-state index in [4.69, 9.17) is 14.6 Å². The molecular formula is C8H17NO4. The third-order valence-electron chi connectivity index (χ3n) is 1.59. The van der Waals surface area contributed by atoms with Gasteiger partial charge in [0.25, 0.3) is 0 Å². The van der Waals surface area contributed by atoms with Crippen LogP contribution in [0.3, 0.4) is 0 Å². The maximum atomic E-state index is 10.8. The number of carbonyl (C=O) groups excluding carboxylic acids is 1. The molecule has 0 atom stereocenters. The van der Waals surface area contributed by atoms with Gasteiger partial charge in [0.2, 0.25) is 5.91 Å². The number of hydrogen-bond acceptors (Lipinski definition) is 4. The molecule has 0 saturated heterocycles. The van der Waals surface area contributed by atoms with E-state index in [1.165, 1.54) is 21.1 Å². The Balaban J connectivity index is 4.33. The van der Waals surface area contributed by atoms with Crippen LogP contribution in [-0.4, -0.2) is 50.6 Å². The summed E-state index contributed by atoms with van der Waals surface area (Å²) < 4.78 is 9.79. The Morgan fingerprint density at radius 3 is 2.08 bits per heavy atom. The van der Waals surface area contributed by atoms with Crippen molar-refractivity contribution in [2.75, 3.05) is 34.0 Å². The van der Waals surface area contributed by atoms with Gasteiger partial charge in [-0.25, -0.2) is 0 Å². The van der Waals surface area contributed by atoms with E-state index in [0.717, 1.165) is 0 Å². The van der Waals surface area contributed by atoms with Crippen molar-refractivity contribution in [3.8, 4) is 0 Å². The van der Waals surface area contributed by atoms with E-state index in [2.05, 4.69) is 5.32 Å². The summed E-state index contributed by atoms with van der Waals surface area (Å²) >= 11 is 0. The van der Waals surface area contributed by atoms with Crippen LogP contribution in [0.1, 0.15) is 6.92 Å². The molecule has 0 saturated carbocycles. The maximum Gasteiger partial charge on any atom is 0.217 e. The van der Waals surface area contributed by atoms with Crippen LogP contribution in [-0.2, 0) is 14.3 Å². The van der Waals surface area contributed by atoms with E-state index in [1.807, 2.05) is 0 Å². The molecule has 0 aromatic heterocycles. The van der Waals surface area contributed by atoms with Gasteiger partial charge >= 0.3 is 0 Å². The van der Waals surface area contributed by atoms with Crippen molar-refractivity contribution in [2.24, 2.45) is 0 Å². The Hall–Kier alpha value is -0.650. The summed E-state index contributed by atoms with van der Waals surface area (Å²) in [5, 5.41) is 11.7. The molecule has 0 radical (unpaired) electrons. The molecule has 0 aromatic rings. The van der Waals surface area contributed by atoms with Crippen molar-refractivity contribution in [1.29, 1.82) is 0 Å². The molecule has 0 aliphatic carbocycles.